The second-order valence-electron chi connectivity index (χ2n) is 3.97. The van der Waals surface area contributed by atoms with Gasteiger partial charge in [-0.05, 0) is 20.3 Å². The molecule has 0 aliphatic rings. The molecular formula is C11H17N3O3S. The molecule has 0 radical (unpaired) electrons. The lowest BCUT2D eigenvalue weighted by Crippen LogP contribution is -2.37. The normalized spacial score (nSPS) is 11.9. The third kappa shape index (κ3) is 4.33. The van der Waals surface area contributed by atoms with E-state index < -0.39 is 18.0 Å². The van der Waals surface area contributed by atoms with Crippen molar-refractivity contribution in [2.45, 2.75) is 39.7 Å². The molecule has 0 aliphatic heterocycles. The molecule has 1 aromatic heterocycles. The van der Waals surface area contributed by atoms with E-state index in [4.69, 9.17) is 5.11 Å². The first kappa shape index (κ1) is 14.4. The molecule has 6 nitrogen and oxygen atoms in total. The number of aryl methyl sites for hydroxylation is 2. The zero-order chi connectivity index (χ0) is 13.7. The summed E-state index contributed by atoms with van der Waals surface area (Å²) in [4.78, 5) is 27.4. The molecule has 3 N–H and O–H groups in total. The maximum absolute atomic E-state index is 11.6. The van der Waals surface area contributed by atoms with E-state index in [9.17, 15) is 9.59 Å². The zero-order valence-electron chi connectivity index (χ0n) is 10.6. The number of carbonyl (C=O) groups is 2. The highest BCUT2D eigenvalue weighted by Crippen LogP contribution is 2.22. The van der Waals surface area contributed by atoms with E-state index in [0.29, 0.717) is 5.13 Å². The Labute approximate surface area is 109 Å². The minimum absolute atomic E-state index is 0.107. The molecule has 18 heavy (non-hydrogen) atoms. The molecule has 0 saturated carbocycles. The molecule has 1 heterocycles. The van der Waals surface area contributed by atoms with E-state index in [2.05, 4.69) is 15.6 Å². The van der Waals surface area contributed by atoms with Gasteiger partial charge in [0, 0.05) is 10.9 Å². The van der Waals surface area contributed by atoms with Gasteiger partial charge in [0.05, 0.1) is 12.1 Å². The van der Waals surface area contributed by atoms with Gasteiger partial charge in [-0.2, -0.15) is 0 Å². The lowest BCUT2D eigenvalue weighted by molar-refractivity contribution is -0.137. The molecule has 0 aromatic carbocycles. The van der Waals surface area contributed by atoms with Crippen molar-refractivity contribution in [2.24, 2.45) is 0 Å². The van der Waals surface area contributed by atoms with Crippen LogP contribution < -0.4 is 10.6 Å². The predicted molar refractivity (Wildman–Crippen MR) is 70.1 cm³/mol. The molecule has 0 bridgehead atoms. The van der Waals surface area contributed by atoms with Crippen molar-refractivity contribution in [3.05, 3.63) is 10.6 Å². The predicted octanol–water partition coefficient (Wildman–Crippen LogP) is 2.00. The summed E-state index contributed by atoms with van der Waals surface area (Å²) in [6, 6.07) is -0.852. The third-order valence-corrected chi connectivity index (χ3v) is 3.23. The molecule has 2 amide bonds. The summed E-state index contributed by atoms with van der Waals surface area (Å²) in [5.74, 6) is -0.943. The number of carboxylic acids is 1. The maximum Gasteiger partial charge on any atom is 0.321 e. The fraction of sp³-hybridized carbons (Fsp3) is 0.545. The number of carboxylic acid groups (broad SMARTS) is 1. The topological polar surface area (TPSA) is 91.3 Å². The van der Waals surface area contributed by atoms with Crippen LogP contribution >= 0.6 is 11.3 Å². The van der Waals surface area contributed by atoms with Crippen LogP contribution in [0.5, 0.6) is 0 Å². The summed E-state index contributed by atoms with van der Waals surface area (Å²) in [5.41, 5.74) is 0.967. The van der Waals surface area contributed by atoms with Gasteiger partial charge in [-0.15, -0.1) is 11.3 Å². The summed E-state index contributed by atoms with van der Waals surface area (Å²) >= 11 is 1.41. The van der Waals surface area contributed by atoms with Gasteiger partial charge in [-0.1, -0.05) is 6.92 Å². The highest BCUT2D eigenvalue weighted by molar-refractivity contribution is 7.15. The summed E-state index contributed by atoms with van der Waals surface area (Å²) in [6.07, 6.45) is 0.714. The standard InChI is InChI=1S/C11H17N3O3S/c1-4-8-7(3)18-11(13-8)14-10(17)12-6(2)5-9(15)16/h6H,4-5H2,1-3H3,(H,15,16)(H2,12,13,14,17). The van der Waals surface area contributed by atoms with E-state index in [1.165, 1.54) is 11.3 Å². The summed E-state index contributed by atoms with van der Waals surface area (Å²) in [6.45, 7) is 5.59. The Hall–Kier alpha value is -1.63. The van der Waals surface area contributed by atoms with Crippen molar-refractivity contribution in [1.82, 2.24) is 10.3 Å². The van der Waals surface area contributed by atoms with Crippen molar-refractivity contribution in [3.8, 4) is 0 Å². The van der Waals surface area contributed by atoms with Crippen molar-refractivity contribution >= 4 is 28.5 Å². The molecule has 1 rings (SSSR count). The van der Waals surface area contributed by atoms with Crippen LogP contribution in [-0.2, 0) is 11.2 Å². The van der Waals surface area contributed by atoms with Gasteiger partial charge in [0.25, 0.3) is 0 Å². The van der Waals surface area contributed by atoms with Gasteiger partial charge < -0.3 is 10.4 Å². The van der Waals surface area contributed by atoms with Gasteiger partial charge in [0.2, 0.25) is 0 Å². The van der Waals surface area contributed by atoms with Crippen molar-refractivity contribution < 1.29 is 14.7 Å². The third-order valence-electron chi connectivity index (χ3n) is 2.31. The molecule has 1 unspecified atom stereocenters. The second kappa shape index (κ2) is 6.34. The number of nitrogens with one attached hydrogen (secondary N) is 2. The number of aromatic nitrogens is 1. The van der Waals surface area contributed by atoms with Crippen LogP contribution in [0, 0.1) is 6.92 Å². The number of nitrogens with zero attached hydrogens (tertiary/aromatic N) is 1. The molecule has 1 atom stereocenters. The summed E-state index contributed by atoms with van der Waals surface area (Å²) in [5, 5.41) is 14.3. The zero-order valence-corrected chi connectivity index (χ0v) is 11.4. The monoisotopic (exact) mass is 271 g/mol. The lowest BCUT2D eigenvalue weighted by atomic mass is 10.2. The number of carbonyl (C=O) groups excluding carboxylic acids is 1. The highest BCUT2D eigenvalue weighted by Gasteiger charge is 2.13. The maximum atomic E-state index is 11.6. The number of thiazole rings is 1. The van der Waals surface area contributed by atoms with E-state index in [0.717, 1.165) is 17.0 Å². The summed E-state index contributed by atoms with van der Waals surface area (Å²) < 4.78 is 0. The number of urea groups is 1. The van der Waals surface area contributed by atoms with E-state index in [-0.39, 0.29) is 6.42 Å². The first-order valence-electron chi connectivity index (χ1n) is 5.68. The van der Waals surface area contributed by atoms with Crippen molar-refractivity contribution in [3.63, 3.8) is 0 Å². The molecule has 0 saturated heterocycles. The molecule has 100 valence electrons. The quantitative estimate of drug-likeness (QED) is 0.763. The van der Waals surface area contributed by atoms with Crippen LogP contribution in [0.25, 0.3) is 0 Å². The Kier molecular flexibility index (Phi) is 5.08. The molecule has 0 spiro atoms. The van der Waals surface area contributed by atoms with Crippen LogP contribution in [0.3, 0.4) is 0 Å². The Morgan fingerprint density at radius 3 is 2.67 bits per heavy atom. The van der Waals surface area contributed by atoms with Crippen molar-refractivity contribution in [2.75, 3.05) is 5.32 Å². The highest BCUT2D eigenvalue weighted by atomic mass is 32.1. The Morgan fingerprint density at radius 2 is 2.17 bits per heavy atom. The molecular weight excluding hydrogens is 254 g/mol. The van der Waals surface area contributed by atoms with Crippen LogP contribution in [0.2, 0.25) is 0 Å². The number of amides is 2. The van der Waals surface area contributed by atoms with E-state index in [1.54, 1.807) is 6.92 Å². The van der Waals surface area contributed by atoms with Gasteiger partial charge in [0.1, 0.15) is 0 Å². The van der Waals surface area contributed by atoms with Gasteiger partial charge in [-0.3, -0.25) is 10.1 Å². The lowest BCUT2D eigenvalue weighted by Gasteiger charge is -2.11. The average molecular weight is 271 g/mol. The Balaban J connectivity index is 2.51. The SMILES string of the molecule is CCc1nc(NC(=O)NC(C)CC(=O)O)sc1C. The number of hydrogen-bond acceptors (Lipinski definition) is 4. The Morgan fingerprint density at radius 1 is 1.50 bits per heavy atom. The van der Waals surface area contributed by atoms with Gasteiger partial charge in [0.15, 0.2) is 5.13 Å². The molecule has 1 aromatic rings. The van der Waals surface area contributed by atoms with Crippen LogP contribution in [0.1, 0.15) is 30.8 Å². The molecule has 0 fully saturated rings. The number of anilines is 1. The van der Waals surface area contributed by atoms with E-state index >= 15 is 0 Å². The first-order chi connectivity index (χ1) is 8.42. The van der Waals surface area contributed by atoms with Crippen LogP contribution in [-0.4, -0.2) is 28.1 Å². The van der Waals surface area contributed by atoms with E-state index in [1.807, 2.05) is 13.8 Å². The minimum atomic E-state index is -0.943. The van der Waals surface area contributed by atoms with Crippen LogP contribution in [0.15, 0.2) is 0 Å². The summed E-state index contributed by atoms with van der Waals surface area (Å²) in [7, 11) is 0. The van der Waals surface area contributed by atoms with Crippen molar-refractivity contribution in [1.29, 1.82) is 0 Å². The fourth-order valence-electron chi connectivity index (χ4n) is 1.48. The van der Waals surface area contributed by atoms with Gasteiger partial charge >= 0.3 is 12.0 Å². The molecule has 0 aliphatic carbocycles. The smallest absolute Gasteiger partial charge is 0.321 e. The molecule has 7 heteroatoms. The fourth-order valence-corrected chi connectivity index (χ4v) is 2.38. The van der Waals surface area contributed by atoms with Crippen LogP contribution in [0.4, 0.5) is 9.93 Å². The van der Waals surface area contributed by atoms with Gasteiger partial charge in [-0.25, -0.2) is 9.78 Å². The number of rotatable bonds is 5. The number of hydrogen-bond donors (Lipinski definition) is 3. The second-order valence-corrected chi connectivity index (χ2v) is 5.18. The largest absolute Gasteiger partial charge is 0.481 e. The Bertz CT molecular complexity index is 445. The minimum Gasteiger partial charge on any atom is -0.481 e. The average Bonchev–Trinajstić information content (AvgIpc) is 2.56. The first-order valence-corrected chi connectivity index (χ1v) is 6.49. The number of aliphatic carboxylic acids is 1.